The van der Waals surface area contributed by atoms with E-state index in [1.807, 2.05) is 0 Å². The molecule has 3 heteroatoms. The number of aryl methyl sites for hydroxylation is 4. The molecular formula is C36H52N2Ni. The molecule has 0 amide bonds. The summed E-state index contributed by atoms with van der Waals surface area (Å²) in [5.41, 5.74) is 18.5. The van der Waals surface area contributed by atoms with Crippen molar-refractivity contribution in [3.05, 3.63) is 87.5 Å². The van der Waals surface area contributed by atoms with Crippen LogP contribution in [-0.4, -0.2) is 10.7 Å². The van der Waals surface area contributed by atoms with Gasteiger partial charge in [0.15, 0.2) is 0 Å². The molecule has 0 bridgehead atoms. The van der Waals surface area contributed by atoms with Crippen LogP contribution in [0.2, 0.25) is 0 Å². The molecule has 0 saturated heterocycles. The number of allylic oxidation sites excluding steroid dienone is 2. The van der Waals surface area contributed by atoms with Crippen molar-refractivity contribution in [1.29, 1.82) is 0 Å². The monoisotopic (exact) mass is 570 g/mol. The molecular weight excluding hydrogens is 519 g/mol. The van der Waals surface area contributed by atoms with Gasteiger partial charge in [-0.2, -0.15) is 0 Å². The number of benzene rings is 2. The van der Waals surface area contributed by atoms with Crippen molar-refractivity contribution in [3.8, 4) is 0 Å². The van der Waals surface area contributed by atoms with E-state index < -0.39 is 0 Å². The first kappa shape index (κ1) is 34.9. The molecule has 2 nitrogen and oxygen atoms in total. The topological polar surface area (TPSA) is 36.4 Å². The van der Waals surface area contributed by atoms with E-state index >= 15 is 0 Å². The van der Waals surface area contributed by atoms with Crippen LogP contribution in [0.25, 0.3) is 11.1 Å². The summed E-state index contributed by atoms with van der Waals surface area (Å²) in [5.74, 6) is 2.62. The van der Waals surface area contributed by atoms with Crippen molar-refractivity contribution in [3.63, 3.8) is 0 Å². The summed E-state index contributed by atoms with van der Waals surface area (Å²) in [4.78, 5) is 3.11. The summed E-state index contributed by atoms with van der Waals surface area (Å²) in [6, 6.07) is 14.4. The van der Waals surface area contributed by atoms with Crippen molar-refractivity contribution in [2.75, 3.05) is 0 Å². The largest absolute Gasteiger partial charge is 0.348 e. The minimum absolute atomic E-state index is 0. The Hall–Kier alpha value is -2.17. The van der Waals surface area contributed by atoms with Gasteiger partial charge in [-0.25, -0.2) is 0 Å². The molecule has 0 atom stereocenters. The Morgan fingerprint density at radius 2 is 0.974 bits per heavy atom. The summed E-state index contributed by atoms with van der Waals surface area (Å²) < 4.78 is 0. The molecule has 0 radical (unpaired) electrons. The van der Waals surface area contributed by atoms with Gasteiger partial charge in [-0.3, -0.25) is 0 Å². The van der Waals surface area contributed by atoms with Crippen LogP contribution in [0.15, 0.2) is 48.6 Å². The van der Waals surface area contributed by atoms with Gasteiger partial charge in [-0.15, -0.1) is 4.79 Å². The molecule has 0 aliphatic rings. The number of rotatable bonds is 19. The zero-order valence-corrected chi connectivity index (χ0v) is 26.1. The maximum atomic E-state index is 9.03. The number of hydrogen-bond donors (Lipinski definition) is 0. The average Bonchev–Trinajstić information content (AvgIpc) is 2.93. The molecule has 2 aromatic carbocycles. The van der Waals surface area contributed by atoms with Gasteiger partial charge in [-0.05, 0) is 96.4 Å². The maximum absolute atomic E-state index is 9.03. The smallest absolute Gasteiger partial charge is 0.299 e. The molecule has 0 aliphatic carbocycles. The van der Waals surface area contributed by atoms with E-state index in [0.717, 1.165) is 25.7 Å². The summed E-state index contributed by atoms with van der Waals surface area (Å²) in [5, 5.41) is 0. The van der Waals surface area contributed by atoms with Crippen LogP contribution in [0.4, 0.5) is 0 Å². The molecule has 0 heterocycles. The van der Waals surface area contributed by atoms with Gasteiger partial charge in [0.25, 0.3) is 5.87 Å². The summed E-state index contributed by atoms with van der Waals surface area (Å²) in [7, 11) is 0. The molecule has 0 saturated carbocycles. The molecule has 0 aromatic heterocycles. The fourth-order valence-corrected chi connectivity index (χ4v) is 5.20. The van der Waals surface area contributed by atoms with E-state index in [2.05, 4.69) is 80.8 Å². The molecule has 2 aromatic rings. The standard InChI is InChI=1S/C36H52N2.Ni/c1-5-9-13-15-20-32-25-33(21-16-14-10-6-2)29-35(28-32)36(22-17-23-38-37)34-26-30(18-11-7-3)24-31(27-34)19-12-8-4;/h17,22,24-29H,5-16,18-21H2,1-4H3;. The quantitative estimate of drug-likeness (QED) is 0.0402. The second-order valence-electron chi connectivity index (χ2n) is 10.9. The molecule has 0 fully saturated rings. The van der Waals surface area contributed by atoms with Gasteiger partial charge >= 0.3 is 0 Å². The first-order valence-corrected chi connectivity index (χ1v) is 15.5. The minimum Gasteiger partial charge on any atom is -0.348 e. The zero-order chi connectivity index (χ0) is 27.4. The zero-order valence-electron chi connectivity index (χ0n) is 25.1. The van der Waals surface area contributed by atoms with E-state index in [0.29, 0.717) is 0 Å². The van der Waals surface area contributed by atoms with Gasteiger partial charge in [0.1, 0.15) is 0 Å². The van der Waals surface area contributed by atoms with Crippen LogP contribution in [0.3, 0.4) is 0 Å². The van der Waals surface area contributed by atoms with Crippen molar-refractivity contribution in [2.24, 2.45) is 0 Å². The van der Waals surface area contributed by atoms with Crippen molar-refractivity contribution in [1.82, 2.24) is 0 Å². The van der Waals surface area contributed by atoms with Crippen molar-refractivity contribution in [2.45, 2.75) is 130 Å². The van der Waals surface area contributed by atoms with Crippen LogP contribution >= 0.6 is 0 Å². The Kier molecular flexibility index (Phi) is 19.3. The summed E-state index contributed by atoms with van der Waals surface area (Å²) in [6.45, 7) is 9.08. The number of hydrogen-bond acceptors (Lipinski definition) is 0. The normalized spacial score (nSPS) is 11.0. The Bertz CT molecular complexity index is 1010. The van der Waals surface area contributed by atoms with Crippen molar-refractivity contribution >= 4 is 11.4 Å². The minimum atomic E-state index is 0. The van der Waals surface area contributed by atoms with Gasteiger partial charge in [-0.1, -0.05) is 115 Å². The third-order valence-electron chi connectivity index (χ3n) is 7.39. The molecule has 0 aliphatic heterocycles. The van der Waals surface area contributed by atoms with Gasteiger partial charge in [0.2, 0.25) is 0 Å². The summed E-state index contributed by atoms with van der Waals surface area (Å²) >= 11 is 0. The second-order valence-corrected chi connectivity index (χ2v) is 10.9. The summed E-state index contributed by atoms with van der Waals surface area (Å²) in [6.07, 6.45) is 23.4. The van der Waals surface area contributed by atoms with E-state index in [-0.39, 0.29) is 16.5 Å². The Morgan fingerprint density at radius 3 is 1.33 bits per heavy atom. The first-order valence-electron chi connectivity index (χ1n) is 15.5. The third-order valence-corrected chi connectivity index (χ3v) is 7.39. The Labute approximate surface area is 249 Å². The third kappa shape index (κ3) is 13.6. The fraction of sp³-hybridized carbons (Fsp3) is 0.556. The van der Waals surface area contributed by atoms with E-state index in [1.165, 1.54) is 116 Å². The predicted octanol–water partition coefficient (Wildman–Crippen LogP) is 10.5. The van der Waals surface area contributed by atoms with E-state index in [9.17, 15) is 0 Å². The molecule has 39 heavy (non-hydrogen) atoms. The van der Waals surface area contributed by atoms with Crippen LogP contribution in [-0.2, 0) is 42.2 Å². The maximum Gasteiger partial charge on any atom is 0.299 e. The second kappa shape index (κ2) is 21.6. The van der Waals surface area contributed by atoms with Crippen LogP contribution in [0.1, 0.15) is 138 Å². The fourth-order valence-electron chi connectivity index (χ4n) is 5.20. The molecule has 0 N–H and O–H groups in total. The van der Waals surface area contributed by atoms with Crippen LogP contribution in [0.5, 0.6) is 0 Å². The van der Waals surface area contributed by atoms with Gasteiger partial charge in [0.05, 0.1) is 6.08 Å². The number of unbranched alkanes of at least 4 members (excludes halogenated alkanes) is 8. The van der Waals surface area contributed by atoms with Crippen LogP contribution in [0, 0.1) is 0 Å². The Balaban J connectivity index is 0.00000760. The number of nitrogens with zero attached hydrogens (tertiary/aromatic N) is 2. The average molecular weight is 572 g/mol. The van der Waals surface area contributed by atoms with Crippen molar-refractivity contribution < 1.29 is 21.3 Å². The molecule has 216 valence electrons. The molecule has 0 spiro atoms. The van der Waals surface area contributed by atoms with Gasteiger partial charge in [0, 0.05) is 16.5 Å². The van der Waals surface area contributed by atoms with E-state index in [4.69, 9.17) is 5.53 Å². The molecule has 0 unspecified atom stereocenters. The SMILES string of the molecule is CCCCCCc1cc(CCCCCC)cc(C(=CC=C=[N+]=[N-])c2cc(CCCC)cc(CCCC)c2)c1.[Ni]. The van der Waals surface area contributed by atoms with Crippen LogP contribution < -0.4 is 0 Å². The first-order chi connectivity index (χ1) is 18.6. The Morgan fingerprint density at radius 1 is 0.590 bits per heavy atom. The van der Waals surface area contributed by atoms with Gasteiger partial charge < -0.3 is 5.53 Å². The predicted molar refractivity (Wildman–Crippen MR) is 166 cm³/mol. The molecule has 2 rings (SSSR count). The van der Waals surface area contributed by atoms with E-state index in [1.54, 1.807) is 6.08 Å².